The first-order valence-corrected chi connectivity index (χ1v) is 7.05. The molecule has 116 valence electrons. The normalized spacial score (nSPS) is 10.7. The fourth-order valence-electron chi connectivity index (χ4n) is 2.28. The Bertz CT molecular complexity index is 907. The number of carbonyl (C=O) groups excluding carboxylic acids is 1. The second-order valence-corrected chi connectivity index (χ2v) is 5.28. The van der Waals surface area contributed by atoms with Gasteiger partial charge in [0.2, 0.25) is 5.91 Å². The molecule has 0 aliphatic rings. The zero-order chi connectivity index (χ0) is 16.4. The summed E-state index contributed by atoms with van der Waals surface area (Å²) >= 11 is 5.97. The molecule has 3 rings (SSSR count). The molecule has 1 aromatic carbocycles. The predicted octanol–water partition coefficient (Wildman–Crippen LogP) is 3.24. The number of halogens is 1. The summed E-state index contributed by atoms with van der Waals surface area (Å²) in [5, 5.41) is 15.0. The maximum atomic E-state index is 12.2. The summed E-state index contributed by atoms with van der Waals surface area (Å²) in [5.74, 6) is -0.378. The zero-order valence-electron chi connectivity index (χ0n) is 11.8. The van der Waals surface area contributed by atoms with Crippen LogP contribution in [-0.4, -0.2) is 20.4 Å². The van der Waals surface area contributed by atoms with Crippen molar-refractivity contribution in [1.82, 2.24) is 9.55 Å². The van der Waals surface area contributed by atoms with Gasteiger partial charge >= 0.3 is 5.69 Å². The number of aromatic nitrogens is 2. The van der Waals surface area contributed by atoms with Crippen molar-refractivity contribution in [3.8, 4) is 0 Å². The zero-order valence-corrected chi connectivity index (χ0v) is 12.5. The highest BCUT2D eigenvalue weighted by atomic mass is 35.5. The van der Waals surface area contributed by atoms with Gasteiger partial charge in [-0.05, 0) is 29.7 Å². The molecule has 0 fully saturated rings. The number of rotatable bonds is 4. The maximum Gasteiger partial charge on any atom is 0.310 e. The largest absolute Gasteiger partial charge is 0.338 e. The number of anilines is 1. The van der Waals surface area contributed by atoms with Gasteiger partial charge in [-0.15, -0.1) is 0 Å². The number of hydrogen-bond acceptors (Lipinski definition) is 4. The molecule has 8 heteroatoms. The third-order valence-electron chi connectivity index (χ3n) is 3.32. The third kappa shape index (κ3) is 3.14. The van der Waals surface area contributed by atoms with Crippen LogP contribution in [0.2, 0.25) is 5.02 Å². The van der Waals surface area contributed by atoms with Crippen molar-refractivity contribution < 1.29 is 9.72 Å². The van der Waals surface area contributed by atoms with Crippen LogP contribution in [0.1, 0.15) is 0 Å². The smallest absolute Gasteiger partial charge is 0.310 e. The second kappa shape index (κ2) is 6.05. The first-order valence-electron chi connectivity index (χ1n) is 6.67. The summed E-state index contributed by atoms with van der Waals surface area (Å²) in [4.78, 5) is 26.2. The van der Waals surface area contributed by atoms with Gasteiger partial charge in [-0.2, -0.15) is 0 Å². The number of fused-ring (bicyclic) bond motifs is 1. The molecule has 1 N–H and O–H groups in total. The molecule has 7 nitrogen and oxygen atoms in total. The van der Waals surface area contributed by atoms with Crippen LogP contribution in [0.3, 0.4) is 0 Å². The lowest BCUT2D eigenvalue weighted by molar-refractivity contribution is -0.384. The molecular weight excluding hydrogens is 320 g/mol. The van der Waals surface area contributed by atoms with E-state index in [1.54, 1.807) is 22.9 Å². The minimum absolute atomic E-state index is 0.0172. The van der Waals surface area contributed by atoms with Crippen molar-refractivity contribution in [2.75, 3.05) is 5.32 Å². The minimum Gasteiger partial charge on any atom is -0.338 e. The Morgan fingerprint density at radius 1 is 1.35 bits per heavy atom. The van der Waals surface area contributed by atoms with E-state index >= 15 is 0 Å². The highest BCUT2D eigenvalue weighted by molar-refractivity contribution is 6.31. The molecule has 0 saturated heterocycles. The monoisotopic (exact) mass is 330 g/mol. The van der Waals surface area contributed by atoms with Crippen molar-refractivity contribution in [2.45, 2.75) is 6.54 Å². The van der Waals surface area contributed by atoms with E-state index in [0.717, 1.165) is 17.1 Å². The number of nitro groups is 1. The van der Waals surface area contributed by atoms with Gasteiger partial charge in [-0.25, -0.2) is 0 Å². The third-order valence-corrected chi connectivity index (χ3v) is 3.56. The van der Waals surface area contributed by atoms with Gasteiger partial charge in [0.15, 0.2) is 0 Å². The molecule has 2 heterocycles. The van der Waals surface area contributed by atoms with Crippen LogP contribution in [0.15, 0.2) is 48.9 Å². The molecule has 0 unspecified atom stereocenters. The van der Waals surface area contributed by atoms with Crippen LogP contribution >= 0.6 is 11.6 Å². The number of nitrogens with zero attached hydrogens (tertiary/aromatic N) is 3. The standard InChI is InChI=1S/C15H11ClN4O3/c16-11-2-1-10-4-6-19(13(10)7-11)9-15(21)18-12-3-5-17-8-14(12)20(22)23/h1-8H,9H2,(H,17,18,21). The van der Waals surface area contributed by atoms with E-state index in [9.17, 15) is 14.9 Å². The molecule has 23 heavy (non-hydrogen) atoms. The lowest BCUT2D eigenvalue weighted by Crippen LogP contribution is -2.19. The van der Waals surface area contributed by atoms with Gasteiger partial charge in [-0.1, -0.05) is 17.7 Å². The minimum atomic E-state index is -0.590. The van der Waals surface area contributed by atoms with Crippen molar-refractivity contribution in [2.24, 2.45) is 0 Å². The SMILES string of the molecule is O=C(Cn1ccc2ccc(Cl)cc21)Nc1ccncc1[N+](=O)[O-]. The van der Waals surface area contributed by atoms with Crippen LogP contribution in [0.5, 0.6) is 0 Å². The molecule has 0 atom stereocenters. The molecule has 0 aliphatic heterocycles. The average molecular weight is 331 g/mol. The Balaban J connectivity index is 1.82. The van der Waals surface area contributed by atoms with Crippen LogP contribution < -0.4 is 5.32 Å². The van der Waals surface area contributed by atoms with Gasteiger partial charge in [0.25, 0.3) is 0 Å². The number of amides is 1. The first kappa shape index (κ1) is 15.0. The van der Waals surface area contributed by atoms with Crippen LogP contribution in [-0.2, 0) is 11.3 Å². The molecule has 0 aliphatic carbocycles. The average Bonchev–Trinajstić information content (AvgIpc) is 2.90. The predicted molar refractivity (Wildman–Crippen MR) is 86.5 cm³/mol. The molecule has 0 bridgehead atoms. The Morgan fingerprint density at radius 3 is 2.96 bits per heavy atom. The molecule has 2 aromatic heterocycles. The summed E-state index contributed by atoms with van der Waals surface area (Å²) in [6.45, 7) is 0.0172. The van der Waals surface area contributed by atoms with E-state index in [0.29, 0.717) is 5.02 Å². The van der Waals surface area contributed by atoms with Crippen molar-refractivity contribution in [1.29, 1.82) is 0 Å². The van der Waals surface area contributed by atoms with Gasteiger partial charge in [0, 0.05) is 22.9 Å². The number of benzene rings is 1. The summed E-state index contributed by atoms with van der Waals surface area (Å²) < 4.78 is 1.73. The van der Waals surface area contributed by atoms with E-state index in [1.807, 2.05) is 12.1 Å². The summed E-state index contributed by atoms with van der Waals surface area (Å²) in [5.41, 5.74) is 0.683. The number of pyridine rings is 1. The molecule has 0 radical (unpaired) electrons. The van der Waals surface area contributed by atoms with Crippen molar-refractivity contribution in [3.05, 3.63) is 64.1 Å². The van der Waals surface area contributed by atoms with E-state index in [4.69, 9.17) is 11.6 Å². The Labute approximate surface area is 135 Å². The maximum absolute atomic E-state index is 12.2. The van der Waals surface area contributed by atoms with Gasteiger partial charge < -0.3 is 9.88 Å². The molecule has 0 spiro atoms. The lowest BCUT2D eigenvalue weighted by atomic mass is 10.2. The van der Waals surface area contributed by atoms with Gasteiger partial charge in [0.1, 0.15) is 18.4 Å². The number of carbonyl (C=O) groups is 1. The molecular formula is C15H11ClN4O3. The highest BCUT2D eigenvalue weighted by Crippen LogP contribution is 2.23. The Hall–Kier alpha value is -2.93. The summed E-state index contributed by atoms with van der Waals surface area (Å²) in [6, 6.07) is 8.65. The van der Waals surface area contributed by atoms with Crippen LogP contribution in [0.25, 0.3) is 10.9 Å². The van der Waals surface area contributed by atoms with E-state index in [2.05, 4.69) is 10.3 Å². The quantitative estimate of drug-likeness (QED) is 0.587. The van der Waals surface area contributed by atoms with Crippen LogP contribution in [0, 0.1) is 10.1 Å². The molecule has 1 amide bonds. The first-order chi connectivity index (χ1) is 11.0. The summed E-state index contributed by atoms with van der Waals surface area (Å²) in [6.07, 6.45) is 4.25. The Kier molecular flexibility index (Phi) is 3.94. The van der Waals surface area contributed by atoms with E-state index < -0.39 is 4.92 Å². The fraction of sp³-hybridized carbons (Fsp3) is 0.0667. The van der Waals surface area contributed by atoms with Crippen molar-refractivity contribution in [3.63, 3.8) is 0 Å². The van der Waals surface area contributed by atoms with Gasteiger partial charge in [-0.3, -0.25) is 19.9 Å². The number of hydrogen-bond donors (Lipinski definition) is 1. The highest BCUT2D eigenvalue weighted by Gasteiger charge is 2.16. The van der Waals surface area contributed by atoms with E-state index in [-0.39, 0.29) is 23.8 Å². The molecule has 0 saturated carbocycles. The van der Waals surface area contributed by atoms with E-state index in [1.165, 1.54) is 12.3 Å². The van der Waals surface area contributed by atoms with Crippen LogP contribution in [0.4, 0.5) is 11.4 Å². The topological polar surface area (TPSA) is 90.1 Å². The number of nitrogens with one attached hydrogen (secondary N) is 1. The lowest BCUT2D eigenvalue weighted by Gasteiger charge is -2.08. The fourth-order valence-corrected chi connectivity index (χ4v) is 2.44. The van der Waals surface area contributed by atoms with Crippen molar-refractivity contribution >= 4 is 39.8 Å². The second-order valence-electron chi connectivity index (χ2n) is 4.84. The van der Waals surface area contributed by atoms with Gasteiger partial charge in [0.05, 0.1) is 4.92 Å². The summed E-state index contributed by atoms with van der Waals surface area (Å²) in [7, 11) is 0. The molecule has 3 aromatic rings. The Morgan fingerprint density at radius 2 is 2.17 bits per heavy atom.